The fourth-order valence-electron chi connectivity index (χ4n) is 3.39. The molecule has 2 rings (SSSR count). The van der Waals surface area contributed by atoms with Crippen LogP contribution in [-0.4, -0.2) is 15.9 Å². The summed E-state index contributed by atoms with van der Waals surface area (Å²) in [6.07, 6.45) is 14.4. The minimum Gasteiger partial charge on any atom is -0.425 e. The van der Waals surface area contributed by atoms with Crippen LogP contribution in [0.15, 0.2) is 36.7 Å². The predicted octanol–water partition coefficient (Wildman–Crippen LogP) is 6.67. The third kappa shape index (κ3) is 7.79. The van der Waals surface area contributed by atoms with E-state index >= 15 is 0 Å². The van der Waals surface area contributed by atoms with Gasteiger partial charge in [-0.15, -0.1) is 0 Å². The Morgan fingerprint density at radius 2 is 1.58 bits per heavy atom. The summed E-state index contributed by atoms with van der Waals surface area (Å²) in [5.74, 6) is 0.571. The third-order valence-corrected chi connectivity index (χ3v) is 5.57. The summed E-state index contributed by atoms with van der Waals surface area (Å²) < 4.78 is 5.48. The van der Waals surface area contributed by atoms with Crippen LogP contribution in [0, 0.1) is 16.7 Å². The quantitative estimate of drug-likeness (QED) is 0.205. The van der Waals surface area contributed by atoms with Crippen LogP contribution in [0.5, 0.6) is 5.75 Å². The first kappa shape index (κ1) is 24.5. The fourth-order valence-corrected chi connectivity index (χ4v) is 3.39. The van der Waals surface area contributed by atoms with Crippen molar-refractivity contribution in [3.8, 4) is 23.2 Å². The van der Waals surface area contributed by atoms with E-state index in [2.05, 4.69) is 29.9 Å². The Balaban J connectivity index is 1.92. The molecular weight excluding hydrogens is 386 g/mol. The zero-order valence-corrected chi connectivity index (χ0v) is 19.2. The molecule has 31 heavy (non-hydrogen) atoms. The second-order valence-electron chi connectivity index (χ2n) is 8.39. The highest BCUT2D eigenvalue weighted by molar-refractivity contribution is 5.81. The first-order valence-electron chi connectivity index (χ1n) is 11.6. The fraction of sp³-hybridized carbons (Fsp3) is 0.538. The number of unbranched alkanes of at least 4 members (excludes halogenated alkanes) is 6. The molecule has 5 heteroatoms. The average Bonchev–Trinajstić information content (AvgIpc) is 2.80. The molecule has 0 radical (unpaired) electrons. The first-order chi connectivity index (χ1) is 15.0. The van der Waals surface area contributed by atoms with Gasteiger partial charge in [0.25, 0.3) is 0 Å². The monoisotopic (exact) mass is 421 g/mol. The highest BCUT2D eigenvalue weighted by Crippen LogP contribution is 2.27. The lowest BCUT2D eigenvalue weighted by atomic mass is 9.86. The van der Waals surface area contributed by atoms with E-state index in [0.717, 1.165) is 36.8 Å². The number of hydrogen-bond donors (Lipinski definition) is 0. The van der Waals surface area contributed by atoms with Crippen LogP contribution >= 0.6 is 0 Å². The number of aromatic nitrogens is 2. The first-order valence-corrected chi connectivity index (χ1v) is 11.6. The molecule has 5 nitrogen and oxygen atoms in total. The lowest BCUT2D eigenvalue weighted by molar-refractivity contribution is -0.142. The molecule has 1 atom stereocenters. The molecule has 0 N–H and O–H groups in total. The summed E-state index contributed by atoms with van der Waals surface area (Å²) in [6.45, 7) is 5.97. The van der Waals surface area contributed by atoms with Gasteiger partial charge < -0.3 is 4.74 Å². The van der Waals surface area contributed by atoms with Crippen LogP contribution in [0.25, 0.3) is 11.4 Å². The van der Waals surface area contributed by atoms with Crippen molar-refractivity contribution in [2.45, 2.75) is 85.0 Å². The van der Waals surface area contributed by atoms with Crippen molar-refractivity contribution in [2.75, 3.05) is 0 Å². The molecular formula is C26H35N3O2. The topological polar surface area (TPSA) is 75.9 Å². The van der Waals surface area contributed by atoms with E-state index in [9.17, 15) is 10.1 Å². The summed E-state index contributed by atoms with van der Waals surface area (Å²) in [5.41, 5.74) is 0.897. The van der Waals surface area contributed by atoms with Gasteiger partial charge in [0, 0.05) is 18.0 Å². The van der Waals surface area contributed by atoms with Gasteiger partial charge in [-0.1, -0.05) is 58.8 Å². The van der Waals surface area contributed by atoms with Gasteiger partial charge >= 0.3 is 5.97 Å². The van der Waals surface area contributed by atoms with Crippen molar-refractivity contribution in [2.24, 2.45) is 5.41 Å². The molecule has 0 saturated heterocycles. The molecule has 1 aromatic carbocycles. The molecule has 1 aromatic heterocycles. The van der Waals surface area contributed by atoms with Crippen LogP contribution < -0.4 is 4.74 Å². The Hall–Kier alpha value is -2.74. The van der Waals surface area contributed by atoms with Crippen LogP contribution in [-0.2, 0) is 11.2 Å². The van der Waals surface area contributed by atoms with Gasteiger partial charge in [-0.25, -0.2) is 14.8 Å². The highest BCUT2D eigenvalue weighted by Gasteiger charge is 2.35. The largest absolute Gasteiger partial charge is 0.425 e. The summed E-state index contributed by atoms with van der Waals surface area (Å²) in [5, 5.41) is 9.47. The van der Waals surface area contributed by atoms with Crippen molar-refractivity contribution in [3.05, 3.63) is 42.2 Å². The van der Waals surface area contributed by atoms with Crippen LogP contribution in [0.1, 0.15) is 84.1 Å². The highest BCUT2D eigenvalue weighted by atomic mass is 16.5. The Bertz CT molecular complexity index is 840. The molecule has 0 amide bonds. The normalized spacial score (nSPS) is 12.7. The van der Waals surface area contributed by atoms with Gasteiger partial charge in [0.05, 0.1) is 6.07 Å². The number of benzene rings is 1. The Morgan fingerprint density at radius 3 is 2.19 bits per heavy atom. The van der Waals surface area contributed by atoms with Crippen molar-refractivity contribution >= 4 is 5.97 Å². The molecule has 0 aliphatic rings. The van der Waals surface area contributed by atoms with Crippen molar-refractivity contribution < 1.29 is 9.53 Å². The molecule has 0 fully saturated rings. The number of esters is 1. The number of nitrogens with zero attached hydrogens (tertiary/aromatic N) is 3. The lowest BCUT2D eigenvalue weighted by Crippen LogP contribution is -2.30. The lowest BCUT2D eigenvalue weighted by Gasteiger charge is -2.19. The van der Waals surface area contributed by atoms with Crippen molar-refractivity contribution in [1.82, 2.24) is 9.97 Å². The predicted molar refractivity (Wildman–Crippen MR) is 123 cm³/mol. The van der Waals surface area contributed by atoms with E-state index in [0.29, 0.717) is 18.0 Å². The number of hydrogen-bond acceptors (Lipinski definition) is 5. The molecule has 2 aromatic rings. The second kappa shape index (κ2) is 12.8. The van der Waals surface area contributed by atoms with Gasteiger partial charge in [-0.05, 0) is 56.0 Å². The number of ether oxygens (including phenoxy) is 1. The molecule has 0 saturated carbocycles. The van der Waals surface area contributed by atoms with Crippen LogP contribution in [0.3, 0.4) is 0 Å². The minimum absolute atomic E-state index is 0.425. The van der Waals surface area contributed by atoms with Gasteiger partial charge in [0.15, 0.2) is 11.2 Å². The summed E-state index contributed by atoms with van der Waals surface area (Å²) in [6, 6.07) is 9.25. The van der Waals surface area contributed by atoms with Crippen LogP contribution in [0.2, 0.25) is 0 Å². The van der Waals surface area contributed by atoms with Crippen molar-refractivity contribution in [3.63, 3.8) is 0 Å². The maximum atomic E-state index is 12.5. The van der Waals surface area contributed by atoms with Gasteiger partial charge in [0.2, 0.25) is 0 Å². The zero-order valence-electron chi connectivity index (χ0n) is 19.2. The van der Waals surface area contributed by atoms with E-state index in [1.807, 2.05) is 24.5 Å². The molecule has 0 aliphatic heterocycles. The number of rotatable bonds is 13. The number of aryl methyl sites for hydroxylation is 1. The molecule has 0 spiro atoms. The van der Waals surface area contributed by atoms with E-state index < -0.39 is 11.4 Å². The van der Waals surface area contributed by atoms with E-state index in [-0.39, 0.29) is 0 Å². The van der Waals surface area contributed by atoms with Gasteiger partial charge in [0.1, 0.15) is 5.75 Å². The number of carbonyl (C=O) groups excluding carboxylic acids is 1. The molecule has 1 heterocycles. The Morgan fingerprint density at radius 1 is 0.968 bits per heavy atom. The zero-order chi connectivity index (χ0) is 22.5. The standard InChI is InChI=1S/C26H35N3O2/c1-4-6-8-9-10-12-21-18-28-24(29-19-21)22-13-15-23(16-14-22)31-25(30)26(3,20-27)17-11-7-5-2/h13-16,18-19H,4-12,17H2,1-3H3. The van der Waals surface area contributed by atoms with E-state index in [1.165, 1.54) is 32.1 Å². The van der Waals surface area contributed by atoms with Gasteiger partial charge in [-0.3, -0.25) is 0 Å². The average molecular weight is 422 g/mol. The number of nitriles is 1. The van der Waals surface area contributed by atoms with Gasteiger partial charge in [-0.2, -0.15) is 5.26 Å². The molecule has 166 valence electrons. The molecule has 0 aliphatic carbocycles. The minimum atomic E-state index is -1.12. The Kier molecular flexibility index (Phi) is 10.2. The smallest absolute Gasteiger partial charge is 0.331 e. The van der Waals surface area contributed by atoms with Crippen LogP contribution in [0.4, 0.5) is 0 Å². The maximum absolute atomic E-state index is 12.5. The Labute approximate surface area is 186 Å². The van der Waals surface area contributed by atoms with E-state index in [4.69, 9.17) is 4.74 Å². The summed E-state index contributed by atoms with van der Waals surface area (Å²) in [4.78, 5) is 21.5. The maximum Gasteiger partial charge on any atom is 0.331 e. The van der Waals surface area contributed by atoms with Crippen molar-refractivity contribution in [1.29, 1.82) is 5.26 Å². The molecule has 0 bridgehead atoms. The SMILES string of the molecule is CCCCCCCc1cnc(-c2ccc(OC(=O)C(C)(C#N)CCCCC)cc2)nc1. The molecule has 1 unspecified atom stereocenters. The second-order valence-corrected chi connectivity index (χ2v) is 8.39. The summed E-state index contributed by atoms with van der Waals surface area (Å²) in [7, 11) is 0. The van der Waals surface area contributed by atoms with E-state index in [1.54, 1.807) is 19.1 Å². The third-order valence-electron chi connectivity index (χ3n) is 5.57. The number of carbonyl (C=O) groups is 1. The summed E-state index contributed by atoms with van der Waals surface area (Å²) >= 11 is 0.